The maximum atomic E-state index is 5.78. The first-order chi connectivity index (χ1) is 8.83. The summed E-state index contributed by atoms with van der Waals surface area (Å²) in [5, 5.41) is 4.60. The number of benzene rings is 1. The van der Waals surface area contributed by atoms with E-state index in [0.29, 0.717) is 6.04 Å². The Kier molecular flexibility index (Phi) is 3.00. The first-order valence-electron chi connectivity index (χ1n) is 6.60. The van der Waals surface area contributed by atoms with Crippen molar-refractivity contribution in [3.8, 4) is 0 Å². The SMILES string of the molecule is Nc1ccc2c(NC3CCCCC3)ncnc2c1. The monoisotopic (exact) mass is 242 g/mol. The summed E-state index contributed by atoms with van der Waals surface area (Å²) in [6.07, 6.45) is 8.06. The lowest BCUT2D eigenvalue weighted by Crippen LogP contribution is -2.23. The van der Waals surface area contributed by atoms with E-state index >= 15 is 0 Å². The summed E-state index contributed by atoms with van der Waals surface area (Å²) in [6, 6.07) is 6.34. The number of nitrogens with zero attached hydrogens (tertiary/aromatic N) is 2. The van der Waals surface area contributed by atoms with Crippen molar-refractivity contribution in [3.63, 3.8) is 0 Å². The van der Waals surface area contributed by atoms with Gasteiger partial charge in [0.05, 0.1) is 5.52 Å². The van der Waals surface area contributed by atoms with Crippen molar-refractivity contribution in [1.29, 1.82) is 0 Å². The van der Waals surface area contributed by atoms with E-state index in [2.05, 4.69) is 15.3 Å². The number of hydrogen-bond acceptors (Lipinski definition) is 4. The summed E-state index contributed by atoms with van der Waals surface area (Å²) in [5.74, 6) is 0.937. The standard InChI is InChI=1S/C14H18N4/c15-10-6-7-12-13(8-10)16-9-17-14(12)18-11-4-2-1-3-5-11/h6-9,11H,1-5,15H2,(H,16,17,18). The van der Waals surface area contributed by atoms with E-state index < -0.39 is 0 Å². The van der Waals surface area contributed by atoms with Gasteiger partial charge >= 0.3 is 0 Å². The number of anilines is 2. The Morgan fingerprint density at radius 2 is 1.94 bits per heavy atom. The van der Waals surface area contributed by atoms with Crippen LogP contribution in [0.15, 0.2) is 24.5 Å². The molecular formula is C14H18N4. The van der Waals surface area contributed by atoms with Crippen molar-refractivity contribution in [2.45, 2.75) is 38.1 Å². The predicted molar refractivity (Wildman–Crippen MR) is 74.4 cm³/mol. The van der Waals surface area contributed by atoms with Gasteiger partial charge < -0.3 is 11.1 Å². The Labute approximate surface area is 107 Å². The second kappa shape index (κ2) is 4.80. The van der Waals surface area contributed by atoms with Crippen molar-refractivity contribution in [3.05, 3.63) is 24.5 Å². The number of aromatic nitrogens is 2. The minimum absolute atomic E-state index is 0.550. The molecule has 0 bridgehead atoms. The zero-order chi connectivity index (χ0) is 12.4. The van der Waals surface area contributed by atoms with Gasteiger partial charge in [0, 0.05) is 17.1 Å². The van der Waals surface area contributed by atoms with E-state index in [1.54, 1.807) is 6.33 Å². The van der Waals surface area contributed by atoms with Crippen molar-refractivity contribution < 1.29 is 0 Å². The molecule has 3 rings (SSSR count). The predicted octanol–water partition coefficient (Wildman–Crippen LogP) is 2.96. The number of nitrogen functional groups attached to an aromatic ring is 1. The first-order valence-corrected chi connectivity index (χ1v) is 6.60. The number of nitrogens with two attached hydrogens (primary N) is 1. The van der Waals surface area contributed by atoms with Crippen LogP contribution in [0, 0.1) is 0 Å². The Morgan fingerprint density at radius 3 is 2.78 bits per heavy atom. The number of nitrogens with one attached hydrogen (secondary N) is 1. The normalized spacial score (nSPS) is 16.9. The van der Waals surface area contributed by atoms with E-state index in [9.17, 15) is 0 Å². The Hall–Kier alpha value is -1.84. The molecule has 4 heteroatoms. The fourth-order valence-electron chi connectivity index (χ4n) is 2.63. The highest BCUT2D eigenvalue weighted by atomic mass is 15.0. The van der Waals surface area contributed by atoms with E-state index in [4.69, 9.17) is 5.73 Å². The van der Waals surface area contributed by atoms with Crippen LogP contribution in [0.5, 0.6) is 0 Å². The van der Waals surface area contributed by atoms with Crippen LogP contribution in [-0.4, -0.2) is 16.0 Å². The van der Waals surface area contributed by atoms with E-state index in [1.807, 2.05) is 18.2 Å². The lowest BCUT2D eigenvalue weighted by molar-refractivity contribution is 0.462. The zero-order valence-electron chi connectivity index (χ0n) is 10.4. The third-order valence-electron chi connectivity index (χ3n) is 3.61. The average Bonchev–Trinajstić information content (AvgIpc) is 2.40. The smallest absolute Gasteiger partial charge is 0.137 e. The lowest BCUT2D eigenvalue weighted by atomic mass is 9.95. The molecule has 1 fully saturated rings. The van der Waals surface area contributed by atoms with Crippen LogP contribution >= 0.6 is 0 Å². The van der Waals surface area contributed by atoms with Crippen LogP contribution in [0.4, 0.5) is 11.5 Å². The molecule has 0 radical (unpaired) electrons. The Morgan fingerprint density at radius 1 is 1.11 bits per heavy atom. The quantitative estimate of drug-likeness (QED) is 0.795. The highest BCUT2D eigenvalue weighted by Crippen LogP contribution is 2.25. The highest BCUT2D eigenvalue weighted by Gasteiger charge is 2.14. The lowest BCUT2D eigenvalue weighted by Gasteiger charge is -2.23. The molecule has 18 heavy (non-hydrogen) atoms. The summed E-state index contributed by atoms with van der Waals surface area (Å²) < 4.78 is 0. The molecule has 1 saturated carbocycles. The average molecular weight is 242 g/mol. The maximum absolute atomic E-state index is 5.78. The van der Waals surface area contributed by atoms with Gasteiger partial charge in [-0.1, -0.05) is 19.3 Å². The van der Waals surface area contributed by atoms with Gasteiger partial charge in [-0.3, -0.25) is 0 Å². The van der Waals surface area contributed by atoms with Crippen LogP contribution < -0.4 is 11.1 Å². The summed E-state index contributed by atoms with van der Waals surface area (Å²) in [7, 11) is 0. The number of hydrogen-bond donors (Lipinski definition) is 2. The third-order valence-corrected chi connectivity index (χ3v) is 3.61. The third kappa shape index (κ3) is 2.23. The Bertz CT molecular complexity index is 546. The van der Waals surface area contributed by atoms with Gasteiger partial charge in [0.1, 0.15) is 12.1 Å². The molecule has 0 spiro atoms. The summed E-state index contributed by atoms with van der Waals surface area (Å²) >= 11 is 0. The van der Waals surface area contributed by atoms with Crippen molar-refractivity contribution in [2.24, 2.45) is 0 Å². The second-order valence-corrected chi connectivity index (χ2v) is 4.98. The molecule has 1 aliphatic rings. The van der Waals surface area contributed by atoms with Gasteiger partial charge in [-0.25, -0.2) is 9.97 Å². The summed E-state index contributed by atoms with van der Waals surface area (Å²) in [5.41, 5.74) is 7.42. The van der Waals surface area contributed by atoms with Gasteiger partial charge in [0.15, 0.2) is 0 Å². The minimum Gasteiger partial charge on any atom is -0.399 e. The van der Waals surface area contributed by atoms with E-state index in [-0.39, 0.29) is 0 Å². The molecule has 2 aromatic rings. The first kappa shape index (κ1) is 11.3. The molecule has 1 heterocycles. The molecule has 4 nitrogen and oxygen atoms in total. The fourth-order valence-corrected chi connectivity index (χ4v) is 2.63. The number of fused-ring (bicyclic) bond motifs is 1. The van der Waals surface area contributed by atoms with Crippen molar-refractivity contribution in [1.82, 2.24) is 9.97 Å². The van der Waals surface area contributed by atoms with Crippen LogP contribution in [0.2, 0.25) is 0 Å². The topological polar surface area (TPSA) is 63.8 Å². The molecule has 0 aliphatic heterocycles. The molecule has 0 atom stereocenters. The maximum Gasteiger partial charge on any atom is 0.137 e. The van der Waals surface area contributed by atoms with Crippen LogP contribution in [0.25, 0.3) is 10.9 Å². The van der Waals surface area contributed by atoms with Gasteiger partial charge in [0.25, 0.3) is 0 Å². The molecule has 1 aliphatic carbocycles. The van der Waals surface area contributed by atoms with Gasteiger partial charge in [0.2, 0.25) is 0 Å². The van der Waals surface area contributed by atoms with Gasteiger partial charge in [-0.2, -0.15) is 0 Å². The molecule has 1 aromatic heterocycles. The number of rotatable bonds is 2. The second-order valence-electron chi connectivity index (χ2n) is 4.98. The summed E-state index contributed by atoms with van der Waals surface area (Å²) in [6.45, 7) is 0. The highest BCUT2D eigenvalue weighted by molar-refractivity contribution is 5.90. The molecule has 0 amide bonds. The van der Waals surface area contributed by atoms with E-state index in [1.165, 1.54) is 32.1 Å². The zero-order valence-corrected chi connectivity index (χ0v) is 10.4. The van der Waals surface area contributed by atoms with Crippen molar-refractivity contribution in [2.75, 3.05) is 11.1 Å². The molecule has 94 valence electrons. The van der Waals surface area contributed by atoms with Crippen molar-refractivity contribution >= 4 is 22.4 Å². The van der Waals surface area contributed by atoms with Crippen LogP contribution in [0.1, 0.15) is 32.1 Å². The van der Waals surface area contributed by atoms with E-state index in [0.717, 1.165) is 22.4 Å². The molecule has 0 saturated heterocycles. The largest absolute Gasteiger partial charge is 0.399 e. The van der Waals surface area contributed by atoms with Gasteiger partial charge in [-0.15, -0.1) is 0 Å². The molecule has 0 unspecified atom stereocenters. The van der Waals surface area contributed by atoms with Crippen LogP contribution in [-0.2, 0) is 0 Å². The minimum atomic E-state index is 0.550. The summed E-state index contributed by atoms with van der Waals surface area (Å²) in [4.78, 5) is 8.63. The molecule has 3 N–H and O–H groups in total. The molecule has 1 aromatic carbocycles. The van der Waals surface area contributed by atoms with Gasteiger partial charge in [-0.05, 0) is 31.0 Å². The fraction of sp³-hybridized carbons (Fsp3) is 0.429. The Balaban J connectivity index is 1.91. The van der Waals surface area contributed by atoms with Crippen LogP contribution in [0.3, 0.4) is 0 Å². The molecular weight excluding hydrogens is 224 g/mol.